The summed E-state index contributed by atoms with van der Waals surface area (Å²) in [7, 11) is 0. The Bertz CT molecular complexity index is 1110. The van der Waals surface area contributed by atoms with Crippen LogP contribution in [0.25, 0.3) is 0 Å². The first-order valence-electron chi connectivity index (χ1n) is 8.22. The van der Waals surface area contributed by atoms with E-state index in [1.807, 2.05) is 0 Å². The summed E-state index contributed by atoms with van der Waals surface area (Å²) in [6.45, 7) is 0. The largest absolute Gasteiger partial charge is 0.545 e. The number of carboxylic acids is 1. The Morgan fingerprint density at radius 2 is 1.43 bits per heavy atom. The van der Waals surface area contributed by atoms with Gasteiger partial charge in [-0.15, -0.1) is 0 Å². The Morgan fingerprint density at radius 3 is 2.07 bits per heavy atom. The lowest BCUT2D eigenvalue weighted by atomic mass is 10.1. The quantitative estimate of drug-likeness (QED) is 0.636. The van der Waals surface area contributed by atoms with E-state index in [2.05, 4.69) is 0 Å². The smallest absolute Gasteiger partial charge is 0.266 e. The van der Waals surface area contributed by atoms with Crippen LogP contribution in [0.3, 0.4) is 0 Å². The number of aromatic carboxylic acids is 1. The summed E-state index contributed by atoms with van der Waals surface area (Å²) in [5, 5.41) is 11.4. The van der Waals surface area contributed by atoms with E-state index in [0.29, 0.717) is 16.5 Å². The number of benzene rings is 3. The highest BCUT2D eigenvalue weighted by Gasteiger charge is 2.37. The number of carbonyl (C=O) groups excluding carboxylic acids is 3. The molecule has 0 radical (unpaired) electrons. The van der Waals surface area contributed by atoms with E-state index in [-0.39, 0.29) is 22.4 Å². The van der Waals surface area contributed by atoms with E-state index in [1.165, 1.54) is 36.4 Å². The number of ether oxygens (including phenoxy) is 1. The van der Waals surface area contributed by atoms with Gasteiger partial charge in [0.1, 0.15) is 11.5 Å². The molecule has 0 unspecified atom stereocenters. The third-order valence-electron chi connectivity index (χ3n) is 4.27. The van der Waals surface area contributed by atoms with Crippen molar-refractivity contribution in [3.8, 4) is 11.5 Å². The molecular formula is C21H11ClNO5-. The minimum absolute atomic E-state index is 0.0426. The number of halogens is 1. The first-order valence-corrected chi connectivity index (χ1v) is 8.59. The molecule has 1 aliphatic rings. The van der Waals surface area contributed by atoms with E-state index in [4.69, 9.17) is 16.3 Å². The number of imide groups is 1. The number of rotatable bonds is 4. The van der Waals surface area contributed by atoms with Gasteiger partial charge in [-0.1, -0.05) is 23.7 Å². The average molecular weight is 393 g/mol. The Balaban J connectivity index is 1.63. The predicted octanol–water partition coefficient (Wildman–Crippen LogP) is 3.30. The van der Waals surface area contributed by atoms with Gasteiger partial charge in [-0.2, -0.15) is 0 Å². The molecule has 0 atom stereocenters. The third-order valence-corrected chi connectivity index (χ3v) is 4.52. The molecule has 3 aromatic rings. The molecular weight excluding hydrogens is 382 g/mol. The highest BCUT2D eigenvalue weighted by molar-refractivity contribution is 6.34. The van der Waals surface area contributed by atoms with Crippen molar-refractivity contribution in [3.63, 3.8) is 0 Å². The summed E-state index contributed by atoms with van der Waals surface area (Å²) >= 11 is 5.85. The first-order chi connectivity index (χ1) is 13.4. The van der Waals surface area contributed by atoms with Crippen molar-refractivity contribution in [3.05, 3.63) is 88.4 Å². The Labute approximate surface area is 164 Å². The van der Waals surface area contributed by atoms with Crippen LogP contribution in [0, 0.1) is 0 Å². The standard InChI is InChI=1S/C21H12ClNO5/c22-13-3-7-15(8-4-13)28-16-9-10-17-18(11-16)20(25)23(19(17)24)14-5-1-12(2-6-14)21(26)27/h1-11H,(H,26,27)/p-1. The zero-order chi connectivity index (χ0) is 19.8. The number of hydrogen-bond acceptors (Lipinski definition) is 5. The van der Waals surface area contributed by atoms with Crippen molar-refractivity contribution in [1.82, 2.24) is 0 Å². The topological polar surface area (TPSA) is 86.7 Å². The lowest BCUT2D eigenvalue weighted by molar-refractivity contribution is -0.255. The molecule has 0 spiro atoms. The van der Waals surface area contributed by atoms with E-state index < -0.39 is 17.8 Å². The van der Waals surface area contributed by atoms with E-state index in [0.717, 1.165) is 4.90 Å². The van der Waals surface area contributed by atoms with Crippen LogP contribution >= 0.6 is 11.6 Å². The van der Waals surface area contributed by atoms with Crippen molar-refractivity contribution in [2.45, 2.75) is 0 Å². The van der Waals surface area contributed by atoms with Crippen molar-refractivity contribution < 1.29 is 24.2 Å². The zero-order valence-corrected chi connectivity index (χ0v) is 15.0. The second-order valence-electron chi connectivity index (χ2n) is 6.04. The van der Waals surface area contributed by atoms with E-state index >= 15 is 0 Å². The maximum absolute atomic E-state index is 12.8. The summed E-state index contributed by atoms with van der Waals surface area (Å²) < 4.78 is 5.71. The normalized spacial score (nSPS) is 12.8. The molecule has 0 aromatic heterocycles. The number of fused-ring (bicyclic) bond motifs is 1. The maximum atomic E-state index is 12.8. The number of anilines is 1. The molecule has 0 bridgehead atoms. The van der Waals surface area contributed by atoms with Crippen LogP contribution in [0.15, 0.2) is 66.7 Å². The molecule has 0 N–H and O–H groups in total. The third kappa shape index (κ3) is 3.10. The summed E-state index contributed by atoms with van der Waals surface area (Å²) in [5.74, 6) is -1.40. The van der Waals surface area contributed by atoms with Crippen LogP contribution in [0.4, 0.5) is 5.69 Å². The fourth-order valence-electron chi connectivity index (χ4n) is 2.90. The minimum atomic E-state index is -1.34. The van der Waals surface area contributed by atoms with Crippen molar-refractivity contribution in [2.24, 2.45) is 0 Å². The van der Waals surface area contributed by atoms with Crippen LogP contribution in [0.2, 0.25) is 5.02 Å². The molecule has 0 saturated carbocycles. The van der Waals surface area contributed by atoms with Gasteiger partial charge in [-0.05, 0) is 60.2 Å². The summed E-state index contributed by atoms with van der Waals surface area (Å²) in [4.78, 5) is 37.3. The fourth-order valence-corrected chi connectivity index (χ4v) is 3.03. The zero-order valence-electron chi connectivity index (χ0n) is 14.2. The molecule has 0 aliphatic carbocycles. The molecule has 28 heavy (non-hydrogen) atoms. The molecule has 0 fully saturated rings. The van der Waals surface area contributed by atoms with Gasteiger partial charge in [0, 0.05) is 5.02 Å². The van der Waals surface area contributed by atoms with Gasteiger partial charge in [-0.25, -0.2) is 4.90 Å². The maximum Gasteiger partial charge on any atom is 0.266 e. The SMILES string of the molecule is O=C([O-])c1ccc(N2C(=O)c3ccc(Oc4ccc(Cl)cc4)cc3C2=O)cc1. The highest BCUT2D eigenvalue weighted by atomic mass is 35.5. The molecule has 6 nitrogen and oxygen atoms in total. The Morgan fingerprint density at radius 1 is 0.821 bits per heavy atom. The van der Waals surface area contributed by atoms with E-state index in [1.54, 1.807) is 30.3 Å². The number of carbonyl (C=O) groups is 3. The molecule has 2 amide bonds. The van der Waals surface area contributed by atoms with Gasteiger partial charge in [0.2, 0.25) is 0 Å². The van der Waals surface area contributed by atoms with Gasteiger partial charge in [-0.3, -0.25) is 9.59 Å². The summed E-state index contributed by atoms with van der Waals surface area (Å²) in [5.41, 5.74) is 0.688. The summed E-state index contributed by atoms with van der Waals surface area (Å²) in [6.07, 6.45) is 0. The van der Waals surface area contributed by atoms with Gasteiger partial charge < -0.3 is 14.6 Å². The monoisotopic (exact) mass is 392 g/mol. The van der Waals surface area contributed by atoms with Gasteiger partial charge in [0.05, 0.1) is 22.8 Å². The van der Waals surface area contributed by atoms with Crippen LogP contribution < -0.4 is 14.7 Å². The summed E-state index contributed by atoms with van der Waals surface area (Å²) in [6, 6.07) is 16.7. The second kappa shape index (κ2) is 6.83. The predicted molar refractivity (Wildman–Crippen MR) is 99.9 cm³/mol. The second-order valence-corrected chi connectivity index (χ2v) is 6.48. The van der Waals surface area contributed by atoms with Crippen molar-refractivity contribution >= 4 is 35.1 Å². The fraction of sp³-hybridized carbons (Fsp3) is 0. The number of amides is 2. The molecule has 3 aromatic carbocycles. The molecule has 138 valence electrons. The average Bonchev–Trinajstić information content (AvgIpc) is 2.94. The van der Waals surface area contributed by atoms with Crippen molar-refractivity contribution in [1.29, 1.82) is 0 Å². The lowest BCUT2D eigenvalue weighted by Gasteiger charge is -2.14. The minimum Gasteiger partial charge on any atom is -0.545 e. The van der Waals surface area contributed by atoms with E-state index in [9.17, 15) is 19.5 Å². The highest BCUT2D eigenvalue weighted by Crippen LogP contribution is 2.32. The van der Waals surface area contributed by atoms with Gasteiger partial charge >= 0.3 is 0 Å². The molecule has 0 saturated heterocycles. The van der Waals surface area contributed by atoms with Crippen molar-refractivity contribution in [2.75, 3.05) is 4.90 Å². The van der Waals surface area contributed by atoms with Gasteiger partial charge in [0.25, 0.3) is 11.8 Å². The molecule has 7 heteroatoms. The number of carboxylic acid groups (broad SMARTS) is 1. The molecule has 1 heterocycles. The Hall–Kier alpha value is -3.64. The van der Waals surface area contributed by atoms with Gasteiger partial charge in [0.15, 0.2) is 0 Å². The van der Waals surface area contributed by atoms with Crippen LogP contribution in [0.5, 0.6) is 11.5 Å². The molecule has 1 aliphatic heterocycles. The van der Waals surface area contributed by atoms with Crippen LogP contribution in [-0.4, -0.2) is 17.8 Å². The molecule has 4 rings (SSSR count). The van der Waals surface area contributed by atoms with Crippen LogP contribution in [-0.2, 0) is 0 Å². The first kappa shape index (κ1) is 17.8. The lowest BCUT2D eigenvalue weighted by Crippen LogP contribution is -2.29. The number of hydrogen-bond donors (Lipinski definition) is 0. The van der Waals surface area contributed by atoms with Crippen LogP contribution in [0.1, 0.15) is 31.1 Å². The Kier molecular flexibility index (Phi) is 4.33. The number of nitrogens with zero attached hydrogens (tertiary/aromatic N) is 1.